The molecule has 4 rings (SSSR count). The molecular formula is C20H21FN2O3. The number of hydrogen-bond acceptors (Lipinski definition) is 3. The Hall–Kier alpha value is -2.63. The van der Waals surface area contributed by atoms with Gasteiger partial charge in [-0.15, -0.1) is 0 Å². The molecule has 1 saturated carbocycles. The third-order valence-electron chi connectivity index (χ3n) is 4.95. The number of piperidine rings is 1. The van der Waals surface area contributed by atoms with Crippen molar-refractivity contribution in [1.82, 2.24) is 10.2 Å². The molecule has 5 nitrogen and oxygen atoms in total. The maximum Gasteiger partial charge on any atom is 0.289 e. The molecule has 0 radical (unpaired) electrons. The van der Waals surface area contributed by atoms with Crippen molar-refractivity contribution < 1.29 is 18.4 Å². The number of furan rings is 1. The number of carbonyl (C=O) groups is 2. The van der Waals surface area contributed by atoms with Crippen LogP contribution in [0.2, 0.25) is 0 Å². The fourth-order valence-electron chi connectivity index (χ4n) is 3.30. The molecule has 1 aromatic carbocycles. The first kappa shape index (κ1) is 16.8. The summed E-state index contributed by atoms with van der Waals surface area (Å²) < 4.78 is 18.7. The van der Waals surface area contributed by atoms with Crippen molar-refractivity contribution in [2.45, 2.75) is 31.7 Å². The van der Waals surface area contributed by atoms with Crippen LogP contribution in [-0.2, 0) is 4.79 Å². The van der Waals surface area contributed by atoms with Crippen molar-refractivity contribution in [1.29, 1.82) is 0 Å². The first-order valence-corrected chi connectivity index (χ1v) is 9.05. The molecule has 1 aromatic heterocycles. The molecule has 0 unspecified atom stereocenters. The van der Waals surface area contributed by atoms with E-state index in [1.54, 1.807) is 29.2 Å². The van der Waals surface area contributed by atoms with Gasteiger partial charge in [0.25, 0.3) is 5.91 Å². The fraction of sp³-hybridized carbons (Fsp3) is 0.400. The summed E-state index contributed by atoms with van der Waals surface area (Å²) in [5, 5.41) is 3.02. The predicted octanol–water partition coefficient (Wildman–Crippen LogP) is 3.22. The molecule has 136 valence electrons. The Kier molecular flexibility index (Phi) is 4.49. The molecule has 26 heavy (non-hydrogen) atoms. The monoisotopic (exact) mass is 356 g/mol. The first-order valence-electron chi connectivity index (χ1n) is 9.05. The molecule has 2 aromatic rings. The van der Waals surface area contributed by atoms with E-state index in [0.29, 0.717) is 30.5 Å². The third kappa shape index (κ3) is 3.64. The highest BCUT2D eigenvalue weighted by molar-refractivity contribution is 5.92. The van der Waals surface area contributed by atoms with Gasteiger partial charge in [0.15, 0.2) is 5.76 Å². The Morgan fingerprint density at radius 3 is 2.58 bits per heavy atom. The molecule has 0 bridgehead atoms. The molecule has 1 aliphatic carbocycles. The predicted molar refractivity (Wildman–Crippen MR) is 93.9 cm³/mol. The lowest BCUT2D eigenvalue weighted by atomic mass is 9.97. The van der Waals surface area contributed by atoms with Crippen LogP contribution in [-0.4, -0.2) is 35.8 Å². The van der Waals surface area contributed by atoms with E-state index in [1.807, 2.05) is 0 Å². The van der Waals surface area contributed by atoms with Crippen molar-refractivity contribution in [3.05, 3.63) is 48.0 Å². The average molecular weight is 356 g/mol. The number of carbonyl (C=O) groups excluding carboxylic acids is 2. The minimum Gasteiger partial charge on any atom is -0.451 e. The second kappa shape index (κ2) is 6.94. The van der Waals surface area contributed by atoms with Gasteiger partial charge in [0.2, 0.25) is 5.91 Å². The summed E-state index contributed by atoms with van der Waals surface area (Å²) in [6.45, 7) is 1.04. The zero-order valence-electron chi connectivity index (χ0n) is 14.4. The van der Waals surface area contributed by atoms with E-state index < -0.39 is 0 Å². The van der Waals surface area contributed by atoms with Crippen LogP contribution in [0.5, 0.6) is 0 Å². The van der Waals surface area contributed by atoms with Crippen molar-refractivity contribution >= 4 is 11.8 Å². The molecule has 1 aliphatic heterocycles. The first-order chi connectivity index (χ1) is 12.6. The van der Waals surface area contributed by atoms with E-state index >= 15 is 0 Å². The molecule has 1 atom stereocenters. The van der Waals surface area contributed by atoms with Gasteiger partial charge in [-0.1, -0.05) is 0 Å². The van der Waals surface area contributed by atoms with Crippen LogP contribution in [0.3, 0.4) is 0 Å². The van der Waals surface area contributed by atoms with Crippen molar-refractivity contribution in [3.8, 4) is 11.3 Å². The van der Waals surface area contributed by atoms with Crippen LogP contribution in [0, 0.1) is 11.7 Å². The molecule has 0 spiro atoms. The normalized spacial score (nSPS) is 20.0. The lowest BCUT2D eigenvalue weighted by molar-refractivity contribution is -0.126. The lowest BCUT2D eigenvalue weighted by Gasteiger charge is -2.31. The zero-order valence-corrected chi connectivity index (χ0v) is 14.4. The molecule has 2 heterocycles. The van der Waals surface area contributed by atoms with Crippen LogP contribution in [0.25, 0.3) is 11.3 Å². The van der Waals surface area contributed by atoms with Crippen LogP contribution in [0.15, 0.2) is 40.8 Å². The van der Waals surface area contributed by atoms with Gasteiger partial charge in [0, 0.05) is 24.7 Å². The summed E-state index contributed by atoms with van der Waals surface area (Å²) in [4.78, 5) is 26.7. The second-order valence-electron chi connectivity index (χ2n) is 7.04. The Morgan fingerprint density at radius 2 is 1.85 bits per heavy atom. The van der Waals surface area contributed by atoms with E-state index in [9.17, 15) is 14.0 Å². The Morgan fingerprint density at radius 1 is 1.08 bits per heavy atom. The van der Waals surface area contributed by atoms with Gasteiger partial charge >= 0.3 is 0 Å². The van der Waals surface area contributed by atoms with Crippen LogP contribution >= 0.6 is 0 Å². The number of rotatable bonds is 4. The molecule has 1 saturated heterocycles. The van der Waals surface area contributed by atoms with E-state index in [2.05, 4.69) is 5.32 Å². The lowest BCUT2D eigenvalue weighted by Crippen LogP contribution is -2.45. The fourth-order valence-corrected chi connectivity index (χ4v) is 3.30. The topological polar surface area (TPSA) is 62.6 Å². The van der Waals surface area contributed by atoms with Crippen molar-refractivity contribution in [3.63, 3.8) is 0 Å². The van der Waals surface area contributed by atoms with Crippen molar-refractivity contribution in [2.75, 3.05) is 13.1 Å². The summed E-state index contributed by atoms with van der Waals surface area (Å²) in [6, 6.07) is 9.61. The molecule has 2 fully saturated rings. The van der Waals surface area contributed by atoms with Gasteiger partial charge in [-0.05, 0) is 62.1 Å². The second-order valence-corrected chi connectivity index (χ2v) is 7.04. The SMILES string of the molecule is O=C(NC1CC1)[C@@H]1CCCN(C(=O)c2ccc(-c3ccc(F)cc3)o2)C1. The number of hydrogen-bond donors (Lipinski definition) is 1. The minimum absolute atomic E-state index is 0.0523. The minimum atomic E-state index is -0.319. The number of amides is 2. The molecule has 6 heteroatoms. The number of halogens is 1. The molecule has 2 aliphatic rings. The number of nitrogens with zero attached hydrogens (tertiary/aromatic N) is 1. The van der Waals surface area contributed by atoms with Gasteiger partial charge in [0.05, 0.1) is 5.92 Å². The van der Waals surface area contributed by atoms with Gasteiger partial charge < -0.3 is 14.6 Å². The quantitative estimate of drug-likeness (QED) is 0.915. The molecular weight excluding hydrogens is 335 g/mol. The Balaban J connectivity index is 1.43. The van der Waals surface area contributed by atoms with E-state index in [-0.39, 0.29) is 29.3 Å². The maximum atomic E-state index is 13.0. The van der Waals surface area contributed by atoms with E-state index in [4.69, 9.17) is 4.42 Å². The van der Waals surface area contributed by atoms with Gasteiger partial charge in [-0.2, -0.15) is 0 Å². The Bertz CT molecular complexity index is 811. The van der Waals surface area contributed by atoms with Gasteiger partial charge in [-0.3, -0.25) is 9.59 Å². The number of likely N-dealkylation sites (tertiary alicyclic amines) is 1. The highest BCUT2D eigenvalue weighted by atomic mass is 19.1. The maximum absolute atomic E-state index is 13.0. The van der Waals surface area contributed by atoms with Crippen LogP contribution < -0.4 is 5.32 Å². The van der Waals surface area contributed by atoms with Gasteiger partial charge in [-0.25, -0.2) is 4.39 Å². The van der Waals surface area contributed by atoms with Gasteiger partial charge in [0.1, 0.15) is 11.6 Å². The standard InChI is InChI=1S/C20H21FN2O3/c21-15-5-3-13(4-6-15)17-9-10-18(26-17)20(25)23-11-1-2-14(12-23)19(24)22-16-7-8-16/h3-6,9-10,14,16H,1-2,7-8,11-12H2,(H,22,24)/t14-/m1/s1. The molecule has 1 N–H and O–H groups in total. The number of benzene rings is 1. The Labute approximate surface area is 151 Å². The highest BCUT2D eigenvalue weighted by Crippen LogP contribution is 2.26. The summed E-state index contributed by atoms with van der Waals surface area (Å²) in [6.07, 6.45) is 3.72. The smallest absolute Gasteiger partial charge is 0.289 e. The van der Waals surface area contributed by atoms with Crippen LogP contribution in [0.4, 0.5) is 4.39 Å². The summed E-state index contributed by atoms with van der Waals surface area (Å²) in [5.74, 6) is 0.139. The summed E-state index contributed by atoms with van der Waals surface area (Å²) in [7, 11) is 0. The molecule has 2 amide bonds. The van der Waals surface area contributed by atoms with E-state index in [0.717, 1.165) is 25.7 Å². The third-order valence-corrected chi connectivity index (χ3v) is 4.95. The summed E-state index contributed by atoms with van der Waals surface area (Å²) >= 11 is 0. The zero-order chi connectivity index (χ0) is 18.1. The van der Waals surface area contributed by atoms with E-state index in [1.165, 1.54) is 12.1 Å². The van der Waals surface area contributed by atoms with Crippen LogP contribution in [0.1, 0.15) is 36.2 Å². The summed E-state index contributed by atoms with van der Waals surface area (Å²) in [5.41, 5.74) is 0.714. The number of nitrogens with one attached hydrogen (secondary N) is 1. The average Bonchev–Trinajstić information content (AvgIpc) is 3.34. The van der Waals surface area contributed by atoms with Crippen molar-refractivity contribution in [2.24, 2.45) is 5.92 Å². The highest BCUT2D eigenvalue weighted by Gasteiger charge is 2.32. The largest absolute Gasteiger partial charge is 0.451 e.